The summed E-state index contributed by atoms with van der Waals surface area (Å²) in [5.41, 5.74) is 0. The summed E-state index contributed by atoms with van der Waals surface area (Å²) in [4.78, 5) is 24.3. The lowest BCUT2D eigenvalue weighted by atomic mass is 10.0. The number of amides is 2. The minimum atomic E-state index is -0.905. The molecule has 1 atom stereocenters. The number of urea groups is 1. The van der Waals surface area contributed by atoms with Gasteiger partial charge in [-0.15, -0.1) is 10.2 Å². The average molecular weight is 316 g/mol. The lowest BCUT2D eigenvalue weighted by Crippen LogP contribution is -2.41. The Morgan fingerprint density at radius 3 is 3.05 bits per heavy atom. The molecule has 0 aliphatic carbocycles. The molecule has 1 saturated heterocycles. The predicted molar refractivity (Wildman–Crippen MR) is 77.3 cm³/mol. The zero-order valence-corrected chi connectivity index (χ0v) is 12.7. The fourth-order valence-electron chi connectivity index (χ4n) is 1.99. The molecule has 1 aromatic rings. The van der Waals surface area contributed by atoms with Crippen molar-refractivity contribution in [1.29, 1.82) is 0 Å². The third-order valence-corrected chi connectivity index (χ3v) is 4.84. The smallest absolute Gasteiger partial charge is 0.323 e. The summed E-state index contributed by atoms with van der Waals surface area (Å²) < 4.78 is 0.537. The van der Waals surface area contributed by atoms with Crippen LogP contribution in [-0.2, 0) is 4.79 Å². The van der Waals surface area contributed by atoms with Gasteiger partial charge in [0, 0.05) is 13.1 Å². The third kappa shape index (κ3) is 4.34. The largest absolute Gasteiger partial charge is 0.481 e. The van der Waals surface area contributed by atoms with Gasteiger partial charge >= 0.3 is 12.0 Å². The zero-order chi connectivity index (χ0) is 14.5. The number of likely N-dealkylation sites (tertiary alicyclic amines) is 1. The summed E-state index contributed by atoms with van der Waals surface area (Å²) in [6.07, 6.45) is 2.17. The highest BCUT2D eigenvalue weighted by Gasteiger charge is 2.21. The number of aliphatic carboxylic acids is 1. The Bertz CT molecular complexity index is 494. The summed E-state index contributed by atoms with van der Waals surface area (Å²) in [5.74, 6) is -0.449. The number of carbonyl (C=O) groups is 2. The van der Waals surface area contributed by atoms with Crippen molar-refractivity contribution in [2.24, 2.45) is 5.92 Å². The second-order valence-corrected chi connectivity index (χ2v) is 6.88. The molecule has 2 N–H and O–H groups in total. The predicted octanol–water partition coefficient (Wildman–Crippen LogP) is 1.98. The number of anilines is 1. The molecule has 0 aromatic carbocycles. The molecule has 0 bridgehead atoms. The van der Waals surface area contributed by atoms with Gasteiger partial charge < -0.3 is 10.0 Å². The number of rotatable bonds is 4. The summed E-state index contributed by atoms with van der Waals surface area (Å²) >= 11 is 2.28. The van der Waals surface area contributed by atoms with Gasteiger partial charge in [-0.25, -0.2) is 4.79 Å². The van der Waals surface area contributed by atoms with Crippen LogP contribution in [-0.4, -0.2) is 51.0 Å². The van der Waals surface area contributed by atoms with Crippen LogP contribution in [0.3, 0.4) is 0 Å². The van der Waals surface area contributed by atoms with Crippen LogP contribution in [0.25, 0.3) is 0 Å². The van der Waals surface area contributed by atoms with Gasteiger partial charge in [0.2, 0.25) is 5.13 Å². The van der Waals surface area contributed by atoms with Gasteiger partial charge in [0.15, 0.2) is 4.34 Å². The fraction of sp³-hybridized carbons (Fsp3) is 0.636. The van der Waals surface area contributed by atoms with Gasteiger partial charge in [-0.1, -0.05) is 30.0 Å². The van der Waals surface area contributed by atoms with E-state index in [-0.39, 0.29) is 11.8 Å². The van der Waals surface area contributed by atoms with Gasteiger partial charge in [0.1, 0.15) is 0 Å². The van der Waals surface area contributed by atoms with E-state index in [2.05, 4.69) is 22.4 Å². The molecule has 1 unspecified atom stereocenters. The van der Waals surface area contributed by atoms with E-state index in [1.165, 1.54) is 11.3 Å². The Kier molecular flexibility index (Phi) is 5.18. The standard InChI is InChI=1S/C11H16N4O3S2/c1-7-3-2-4-15(5-7)10(18)12-9-13-14-11(20-9)19-6-8(16)17/h7H,2-6H2,1H3,(H,16,17)(H,12,13,18). The number of nitrogens with one attached hydrogen (secondary N) is 1. The Morgan fingerprint density at radius 1 is 1.55 bits per heavy atom. The first-order chi connectivity index (χ1) is 9.54. The van der Waals surface area contributed by atoms with E-state index < -0.39 is 5.97 Å². The van der Waals surface area contributed by atoms with E-state index in [1.807, 2.05) is 0 Å². The maximum atomic E-state index is 12.0. The lowest BCUT2D eigenvalue weighted by molar-refractivity contribution is -0.133. The number of carboxylic acid groups (broad SMARTS) is 1. The van der Waals surface area contributed by atoms with Gasteiger partial charge in [0.05, 0.1) is 5.75 Å². The number of carboxylic acids is 1. The molecule has 2 rings (SSSR count). The molecule has 1 fully saturated rings. The number of nitrogens with zero attached hydrogens (tertiary/aromatic N) is 3. The maximum Gasteiger partial charge on any atom is 0.323 e. The number of piperidine rings is 1. The number of carbonyl (C=O) groups excluding carboxylic acids is 1. The van der Waals surface area contributed by atoms with Crippen LogP contribution in [0.4, 0.5) is 9.93 Å². The highest BCUT2D eigenvalue weighted by Crippen LogP contribution is 2.25. The highest BCUT2D eigenvalue weighted by molar-refractivity contribution is 8.01. The molecule has 0 radical (unpaired) electrons. The summed E-state index contributed by atoms with van der Waals surface area (Å²) in [5, 5.41) is 19.4. The van der Waals surface area contributed by atoms with Crippen molar-refractivity contribution >= 4 is 40.2 Å². The monoisotopic (exact) mass is 316 g/mol. The van der Waals surface area contributed by atoms with E-state index in [0.717, 1.165) is 37.7 Å². The van der Waals surface area contributed by atoms with Crippen LogP contribution in [0.5, 0.6) is 0 Å². The summed E-state index contributed by atoms with van der Waals surface area (Å²) in [6.45, 7) is 3.64. The Labute approximate surface area is 124 Å². The minimum Gasteiger partial charge on any atom is -0.481 e. The molecule has 1 aliphatic heterocycles. The zero-order valence-electron chi connectivity index (χ0n) is 11.0. The number of hydrogen-bond donors (Lipinski definition) is 2. The lowest BCUT2D eigenvalue weighted by Gasteiger charge is -2.30. The molecule has 9 heteroatoms. The summed E-state index contributed by atoms with van der Waals surface area (Å²) in [7, 11) is 0. The number of aromatic nitrogens is 2. The van der Waals surface area contributed by atoms with Crippen LogP contribution in [0.15, 0.2) is 4.34 Å². The normalized spacial score (nSPS) is 18.9. The van der Waals surface area contributed by atoms with Crippen LogP contribution in [0.1, 0.15) is 19.8 Å². The maximum absolute atomic E-state index is 12.0. The van der Waals surface area contributed by atoms with Gasteiger partial charge in [0.25, 0.3) is 0 Å². The van der Waals surface area contributed by atoms with E-state index in [0.29, 0.717) is 15.4 Å². The molecule has 2 heterocycles. The van der Waals surface area contributed by atoms with Crippen molar-refractivity contribution in [3.8, 4) is 0 Å². The molecule has 1 aliphatic rings. The van der Waals surface area contributed by atoms with Crippen molar-refractivity contribution < 1.29 is 14.7 Å². The quantitative estimate of drug-likeness (QED) is 0.651. The Morgan fingerprint density at radius 2 is 2.35 bits per heavy atom. The first kappa shape index (κ1) is 15.0. The molecule has 2 amide bonds. The Balaban J connectivity index is 1.86. The van der Waals surface area contributed by atoms with Crippen molar-refractivity contribution in [2.75, 3.05) is 24.2 Å². The molecular formula is C11H16N4O3S2. The van der Waals surface area contributed by atoms with Crippen molar-refractivity contribution in [2.45, 2.75) is 24.1 Å². The SMILES string of the molecule is CC1CCCN(C(=O)Nc2nnc(SCC(=O)O)s2)C1. The second-order valence-electron chi connectivity index (χ2n) is 4.68. The first-order valence-electron chi connectivity index (χ1n) is 6.28. The van der Waals surface area contributed by atoms with E-state index in [9.17, 15) is 9.59 Å². The van der Waals surface area contributed by atoms with E-state index in [4.69, 9.17) is 5.11 Å². The molecule has 20 heavy (non-hydrogen) atoms. The molecule has 1 aromatic heterocycles. The molecular weight excluding hydrogens is 300 g/mol. The second kappa shape index (κ2) is 6.89. The fourth-order valence-corrected chi connectivity index (χ4v) is 3.45. The van der Waals surface area contributed by atoms with Crippen molar-refractivity contribution in [3.63, 3.8) is 0 Å². The first-order valence-corrected chi connectivity index (χ1v) is 8.09. The van der Waals surface area contributed by atoms with Crippen molar-refractivity contribution in [3.05, 3.63) is 0 Å². The third-order valence-electron chi connectivity index (χ3n) is 2.88. The Hall–Kier alpha value is -1.35. The van der Waals surface area contributed by atoms with Crippen LogP contribution >= 0.6 is 23.1 Å². The van der Waals surface area contributed by atoms with Crippen LogP contribution in [0, 0.1) is 5.92 Å². The van der Waals surface area contributed by atoms with E-state index >= 15 is 0 Å². The number of hydrogen-bond acceptors (Lipinski definition) is 6. The average Bonchev–Trinajstić information content (AvgIpc) is 2.84. The van der Waals surface area contributed by atoms with Crippen molar-refractivity contribution in [1.82, 2.24) is 15.1 Å². The molecule has 7 nitrogen and oxygen atoms in total. The van der Waals surface area contributed by atoms with Gasteiger partial charge in [-0.2, -0.15) is 0 Å². The minimum absolute atomic E-state index is 0.0633. The van der Waals surface area contributed by atoms with Gasteiger partial charge in [-0.05, 0) is 18.8 Å². The van der Waals surface area contributed by atoms with E-state index in [1.54, 1.807) is 4.90 Å². The number of thioether (sulfide) groups is 1. The van der Waals surface area contributed by atoms with Gasteiger partial charge in [-0.3, -0.25) is 10.1 Å². The van der Waals surface area contributed by atoms with Crippen LogP contribution < -0.4 is 5.32 Å². The molecule has 0 saturated carbocycles. The molecule has 0 spiro atoms. The highest BCUT2D eigenvalue weighted by atomic mass is 32.2. The topological polar surface area (TPSA) is 95.4 Å². The summed E-state index contributed by atoms with van der Waals surface area (Å²) in [6, 6.07) is -0.164. The molecule has 110 valence electrons. The van der Waals surface area contributed by atoms with Crippen LogP contribution in [0.2, 0.25) is 0 Å².